The normalized spacial score (nSPS) is 11.5. The number of alkyl halides is 3. The van der Waals surface area contributed by atoms with Gasteiger partial charge in [-0.1, -0.05) is 12.1 Å². The molecule has 0 spiro atoms. The van der Waals surface area contributed by atoms with Crippen molar-refractivity contribution in [2.45, 2.75) is 6.18 Å². The summed E-state index contributed by atoms with van der Waals surface area (Å²) in [5.41, 5.74) is 0.995. The minimum absolute atomic E-state index is 0.0340. The molecule has 3 rings (SSSR count). The van der Waals surface area contributed by atoms with Gasteiger partial charge in [-0.25, -0.2) is 4.98 Å². The van der Waals surface area contributed by atoms with Crippen LogP contribution >= 0.6 is 0 Å². The molecule has 1 N–H and O–H groups in total. The van der Waals surface area contributed by atoms with Crippen LogP contribution in [0.15, 0.2) is 54.7 Å². The molecule has 0 atom stereocenters. The van der Waals surface area contributed by atoms with E-state index in [1.165, 1.54) is 30.5 Å². The number of nitro benzene ring substituents is 1. The van der Waals surface area contributed by atoms with E-state index in [0.29, 0.717) is 22.6 Å². The molecule has 5 nitrogen and oxygen atoms in total. The molecule has 0 aliphatic rings. The number of nitrogens with one attached hydrogen (secondary N) is 1. The highest BCUT2D eigenvalue weighted by atomic mass is 19.4. The second kappa shape index (κ2) is 5.80. The van der Waals surface area contributed by atoms with Crippen molar-refractivity contribution >= 4 is 5.69 Å². The summed E-state index contributed by atoms with van der Waals surface area (Å²) < 4.78 is 37.7. The number of aromatic nitrogens is 2. The molecule has 0 aliphatic heterocycles. The molecule has 24 heavy (non-hydrogen) atoms. The first-order valence-electron chi connectivity index (χ1n) is 6.82. The van der Waals surface area contributed by atoms with Crippen molar-refractivity contribution in [3.8, 4) is 22.6 Å². The van der Waals surface area contributed by atoms with E-state index in [9.17, 15) is 23.3 Å². The van der Waals surface area contributed by atoms with Gasteiger partial charge in [-0.3, -0.25) is 10.1 Å². The quantitative estimate of drug-likeness (QED) is 0.559. The number of aromatic amines is 1. The minimum atomic E-state index is -4.38. The van der Waals surface area contributed by atoms with E-state index in [0.717, 1.165) is 12.1 Å². The summed E-state index contributed by atoms with van der Waals surface area (Å²) in [6.07, 6.45) is -2.88. The third kappa shape index (κ3) is 3.12. The van der Waals surface area contributed by atoms with Gasteiger partial charge in [0.25, 0.3) is 5.69 Å². The first-order chi connectivity index (χ1) is 11.3. The maximum atomic E-state index is 12.6. The van der Waals surface area contributed by atoms with E-state index >= 15 is 0 Å². The Morgan fingerprint density at radius 2 is 1.54 bits per heavy atom. The van der Waals surface area contributed by atoms with Gasteiger partial charge in [0.2, 0.25) is 0 Å². The molecule has 0 radical (unpaired) electrons. The van der Waals surface area contributed by atoms with Crippen molar-refractivity contribution in [3.63, 3.8) is 0 Å². The highest BCUT2D eigenvalue weighted by Gasteiger charge is 2.30. The molecule has 8 heteroatoms. The highest BCUT2D eigenvalue weighted by Crippen LogP contribution is 2.31. The van der Waals surface area contributed by atoms with Crippen LogP contribution < -0.4 is 0 Å². The molecule has 122 valence electrons. The van der Waals surface area contributed by atoms with Crippen LogP contribution in [0, 0.1) is 10.1 Å². The Kier molecular flexibility index (Phi) is 3.80. The number of nitro groups is 1. The number of rotatable bonds is 3. The number of halogens is 3. The Morgan fingerprint density at radius 3 is 2.08 bits per heavy atom. The van der Waals surface area contributed by atoms with Gasteiger partial charge >= 0.3 is 6.18 Å². The summed E-state index contributed by atoms with van der Waals surface area (Å²) in [6.45, 7) is 0. The molecule has 0 saturated heterocycles. The van der Waals surface area contributed by atoms with E-state index in [-0.39, 0.29) is 5.69 Å². The van der Waals surface area contributed by atoms with Crippen molar-refractivity contribution in [3.05, 3.63) is 70.4 Å². The lowest BCUT2D eigenvalue weighted by Gasteiger charge is -2.06. The van der Waals surface area contributed by atoms with Crippen molar-refractivity contribution in [1.82, 2.24) is 9.97 Å². The van der Waals surface area contributed by atoms with Gasteiger partial charge in [-0.05, 0) is 29.8 Å². The van der Waals surface area contributed by atoms with Crippen molar-refractivity contribution in [2.24, 2.45) is 0 Å². The minimum Gasteiger partial charge on any atom is -0.338 e. The average Bonchev–Trinajstić information content (AvgIpc) is 3.04. The maximum absolute atomic E-state index is 12.6. The fourth-order valence-corrected chi connectivity index (χ4v) is 2.19. The van der Waals surface area contributed by atoms with E-state index in [1.807, 2.05) is 0 Å². The number of nitrogens with zero attached hydrogens (tertiary/aromatic N) is 2. The second-order valence-electron chi connectivity index (χ2n) is 5.02. The molecular weight excluding hydrogens is 323 g/mol. The Morgan fingerprint density at radius 1 is 0.958 bits per heavy atom. The first-order valence-corrected chi connectivity index (χ1v) is 6.82. The highest BCUT2D eigenvalue weighted by molar-refractivity contribution is 5.65. The molecule has 1 aromatic heterocycles. The van der Waals surface area contributed by atoms with E-state index in [2.05, 4.69) is 9.97 Å². The predicted molar refractivity (Wildman–Crippen MR) is 81.1 cm³/mol. The molecule has 2 aromatic carbocycles. The van der Waals surface area contributed by atoms with Gasteiger partial charge in [0.1, 0.15) is 5.82 Å². The van der Waals surface area contributed by atoms with Crippen LogP contribution in [0.2, 0.25) is 0 Å². The SMILES string of the molecule is O=[N+]([O-])c1ccc(-c2ncc(-c3ccc(C(F)(F)F)cc3)[nH]2)cc1. The monoisotopic (exact) mass is 333 g/mol. The van der Waals surface area contributed by atoms with Gasteiger partial charge in [0, 0.05) is 17.7 Å². The van der Waals surface area contributed by atoms with Gasteiger partial charge in [-0.15, -0.1) is 0 Å². The molecular formula is C16H10F3N3O2. The zero-order valence-corrected chi connectivity index (χ0v) is 12.0. The van der Waals surface area contributed by atoms with Gasteiger partial charge < -0.3 is 4.98 Å². The second-order valence-corrected chi connectivity index (χ2v) is 5.02. The molecule has 3 aromatic rings. The largest absolute Gasteiger partial charge is 0.416 e. The van der Waals surface area contributed by atoms with Gasteiger partial charge in [0.15, 0.2) is 0 Å². The molecule has 0 saturated carbocycles. The van der Waals surface area contributed by atoms with Crippen LogP contribution in [0.3, 0.4) is 0 Å². The standard InChI is InChI=1S/C16H10F3N3O2/c17-16(18,19)12-5-1-10(2-6-12)14-9-20-15(21-14)11-3-7-13(8-4-11)22(23)24/h1-9H,(H,20,21). The summed E-state index contributed by atoms with van der Waals surface area (Å²) in [4.78, 5) is 17.3. The number of hydrogen-bond donors (Lipinski definition) is 1. The Hall–Kier alpha value is -3.16. The molecule has 1 heterocycles. The van der Waals surface area contributed by atoms with Gasteiger partial charge in [0.05, 0.1) is 22.4 Å². The predicted octanol–water partition coefficient (Wildman–Crippen LogP) is 4.67. The van der Waals surface area contributed by atoms with E-state index < -0.39 is 16.7 Å². The summed E-state index contributed by atoms with van der Waals surface area (Å²) in [5, 5.41) is 10.6. The lowest BCUT2D eigenvalue weighted by Crippen LogP contribution is -2.03. The lowest BCUT2D eigenvalue weighted by molar-refractivity contribution is -0.384. The van der Waals surface area contributed by atoms with E-state index in [4.69, 9.17) is 0 Å². The van der Waals surface area contributed by atoms with Crippen LogP contribution in [-0.4, -0.2) is 14.9 Å². The fraction of sp³-hybridized carbons (Fsp3) is 0.0625. The smallest absolute Gasteiger partial charge is 0.338 e. The van der Waals surface area contributed by atoms with Crippen molar-refractivity contribution < 1.29 is 18.1 Å². The molecule has 0 fully saturated rings. The third-order valence-electron chi connectivity index (χ3n) is 3.45. The third-order valence-corrected chi connectivity index (χ3v) is 3.45. The topological polar surface area (TPSA) is 71.8 Å². The first kappa shape index (κ1) is 15.7. The van der Waals surface area contributed by atoms with E-state index in [1.54, 1.807) is 12.1 Å². The molecule has 0 aliphatic carbocycles. The van der Waals surface area contributed by atoms with Crippen LogP contribution in [0.4, 0.5) is 18.9 Å². The van der Waals surface area contributed by atoms with Crippen molar-refractivity contribution in [1.29, 1.82) is 0 Å². The Bertz CT molecular complexity index is 869. The summed E-state index contributed by atoms with van der Waals surface area (Å²) in [6, 6.07) is 10.5. The van der Waals surface area contributed by atoms with Crippen LogP contribution in [0.5, 0.6) is 0 Å². The summed E-state index contributed by atoms with van der Waals surface area (Å²) >= 11 is 0. The number of imidazole rings is 1. The Balaban J connectivity index is 1.86. The zero-order chi connectivity index (χ0) is 17.3. The lowest BCUT2D eigenvalue weighted by atomic mass is 10.1. The fourth-order valence-electron chi connectivity index (χ4n) is 2.19. The Labute approximate surface area is 133 Å². The van der Waals surface area contributed by atoms with Crippen molar-refractivity contribution in [2.75, 3.05) is 0 Å². The number of non-ortho nitro benzene ring substituents is 1. The molecule has 0 amide bonds. The number of H-pyrrole nitrogens is 1. The summed E-state index contributed by atoms with van der Waals surface area (Å²) in [7, 11) is 0. The zero-order valence-electron chi connectivity index (χ0n) is 12.0. The van der Waals surface area contributed by atoms with Crippen LogP contribution in [0.25, 0.3) is 22.6 Å². The number of benzene rings is 2. The van der Waals surface area contributed by atoms with Gasteiger partial charge in [-0.2, -0.15) is 13.2 Å². The molecule has 0 unspecified atom stereocenters. The van der Waals surface area contributed by atoms with Crippen LogP contribution in [-0.2, 0) is 6.18 Å². The maximum Gasteiger partial charge on any atom is 0.416 e. The molecule has 0 bridgehead atoms. The van der Waals surface area contributed by atoms with Crippen LogP contribution in [0.1, 0.15) is 5.56 Å². The number of hydrogen-bond acceptors (Lipinski definition) is 3. The average molecular weight is 333 g/mol. The summed E-state index contributed by atoms with van der Waals surface area (Å²) in [5.74, 6) is 0.472.